The van der Waals surface area contributed by atoms with Crippen molar-refractivity contribution in [2.75, 3.05) is 0 Å². The van der Waals surface area contributed by atoms with Crippen molar-refractivity contribution in [3.8, 4) is 11.8 Å². The Morgan fingerprint density at radius 3 is 2.57 bits per heavy atom. The van der Waals surface area contributed by atoms with Crippen molar-refractivity contribution in [3.05, 3.63) is 54.1 Å². The second-order valence-corrected chi connectivity index (χ2v) is 5.26. The van der Waals surface area contributed by atoms with Gasteiger partial charge in [-0.15, -0.1) is 0 Å². The molecule has 1 aromatic carbocycles. The van der Waals surface area contributed by atoms with Crippen LogP contribution in [0.2, 0.25) is 0 Å². The van der Waals surface area contributed by atoms with Crippen molar-refractivity contribution >= 4 is 0 Å². The highest BCUT2D eigenvalue weighted by molar-refractivity contribution is 5.34. The molecule has 0 saturated carbocycles. The van der Waals surface area contributed by atoms with Gasteiger partial charge in [-0.2, -0.15) is 5.26 Å². The van der Waals surface area contributed by atoms with Gasteiger partial charge in [0.05, 0.1) is 17.7 Å². The van der Waals surface area contributed by atoms with Crippen molar-refractivity contribution < 1.29 is 9.84 Å². The van der Waals surface area contributed by atoms with Crippen molar-refractivity contribution in [2.45, 2.75) is 32.0 Å². The van der Waals surface area contributed by atoms with Crippen molar-refractivity contribution in [2.24, 2.45) is 0 Å². The lowest BCUT2D eigenvalue weighted by atomic mass is 9.97. The molecule has 0 spiro atoms. The number of hydrogen-bond donors (Lipinski definition) is 1. The molecule has 1 aromatic heterocycles. The van der Waals surface area contributed by atoms with Crippen molar-refractivity contribution in [1.82, 2.24) is 9.97 Å². The van der Waals surface area contributed by atoms with Gasteiger partial charge in [-0.3, -0.25) is 0 Å². The molecule has 2 aromatic rings. The number of aromatic nitrogens is 2. The summed E-state index contributed by atoms with van der Waals surface area (Å²) in [6, 6.07) is 10.6. The standard InChI is InChI=1S/C16H17N3O2/c1-16(2,15(20)9-13-7-8-18-11-19-13)21-14-5-3-12(10-17)4-6-14/h3-8,11,15,20H,9H2,1-2H3. The fraction of sp³-hybridized carbons (Fsp3) is 0.312. The first-order valence-corrected chi connectivity index (χ1v) is 6.63. The number of nitrogens with zero attached hydrogens (tertiary/aromatic N) is 3. The molecule has 1 N–H and O–H groups in total. The molecule has 1 heterocycles. The van der Waals surface area contributed by atoms with Gasteiger partial charge in [-0.05, 0) is 44.2 Å². The molecule has 108 valence electrons. The lowest BCUT2D eigenvalue weighted by molar-refractivity contribution is -0.0281. The number of ether oxygens (including phenoxy) is 1. The first-order chi connectivity index (χ1) is 10.0. The van der Waals surface area contributed by atoms with E-state index in [4.69, 9.17) is 10.00 Å². The van der Waals surface area contributed by atoms with Crippen LogP contribution in [-0.4, -0.2) is 26.8 Å². The van der Waals surface area contributed by atoms with E-state index in [-0.39, 0.29) is 0 Å². The van der Waals surface area contributed by atoms with Crippen LogP contribution < -0.4 is 4.74 Å². The van der Waals surface area contributed by atoms with Crippen molar-refractivity contribution in [1.29, 1.82) is 5.26 Å². The van der Waals surface area contributed by atoms with Crippen LogP contribution in [0.25, 0.3) is 0 Å². The molecule has 0 aliphatic rings. The maximum Gasteiger partial charge on any atom is 0.130 e. The van der Waals surface area contributed by atoms with Crippen LogP contribution in [0.15, 0.2) is 42.9 Å². The fourth-order valence-corrected chi connectivity index (χ4v) is 1.85. The Labute approximate surface area is 123 Å². The summed E-state index contributed by atoms with van der Waals surface area (Å²) in [5.41, 5.74) is 0.551. The lowest BCUT2D eigenvalue weighted by Crippen LogP contribution is -2.43. The Hall–Kier alpha value is -2.45. The molecule has 21 heavy (non-hydrogen) atoms. The fourth-order valence-electron chi connectivity index (χ4n) is 1.85. The predicted octanol–water partition coefficient (Wildman–Crippen LogP) is 2.11. The molecule has 5 nitrogen and oxygen atoms in total. The molecule has 1 atom stereocenters. The van der Waals surface area contributed by atoms with E-state index in [0.29, 0.717) is 17.7 Å². The third-order valence-electron chi connectivity index (χ3n) is 3.21. The highest BCUT2D eigenvalue weighted by Crippen LogP contribution is 2.23. The Morgan fingerprint density at radius 2 is 2.00 bits per heavy atom. The third-order valence-corrected chi connectivity index (χ3v) is 3.21. The van der Waals surface area contributed by atoms with E-state index >= 15 is 0 Å². The molecule has 0 fully saturated rings. The van der Waals surface area contributed by atoms with E-state index in [1.165, 1.54) is 6.33 Å². The van der Waals surface area contributed by atoms with Gasteiger partial charge < -0.3 is 9.84 Å². The molecule has 0 saturated heterocycles. The summed E-state index contributed by atoms with van der Waals surface area (Å²) < 4.78 is 5.83. The van der Waals surface area contributed by atoms with E-state index in [2.05, 4.69) is 16.0 Å². The van der Waals surface area contributed by atoms with Gasteiger partial charge >= 0.3 is 0 Å². The van der Waals surface area contributed by atoms with E-state index in [1.807, 2.05) is 13.8 Å². The van der Waals surface area contributed by atoms with Gasteiger partial charge in [0, 0.05) is 18.3 Å². The van der Waals surface area contributed by atoms with Crippen LogP contribution in [-0.2, 0) is 6.42 Å². The Balaban J connectivity index is 2.04. The largest absolute Gasteiger partial charge is 0.485 e. The molecular weight excluding hydrogens is 266 g/mol. The van der Waals surface area contributed by atoms with Crippen LogP contribution in [0, 0.1) is 11.3 Å². The minimum Gasteiger partial charge on any atom is -0.485 e. The highest BCUT2D eigenvalue weighted by Gasteiger charge is 2.30. The molecule has 0 aliphatic carbocycles. The number of aliphatic hydroxyl groups excluding tert-OH is 1. The average molecular weight is 283 g/mol. The number of nitriles is 1. The number of benzene rings is 1. The molecule has 2 rings (SSSR count). The van der Waals surface area contributed by atoms with Crippen LogP contribution >= 0.6 is 0 Å². The molecule has 0 radical (unpaired) electrons. The van der Waals surface area contributed by atoms with E-state index < -0.39 is 11.7 Å². The molecule has 0 bridgehead atoms. The minimum atomic E-state index is -0.779. The quantitative estimate of drug-likeness (QED) is 0.909. The summed E-state index contributed by atoms with van der Waals surface area (Å²) in [5.74, 6) is 0.612. The van der Waals surface area contributed by atoms with Gasteiger partial charge in [0.2, 0.25) is 0 Å². The third kappa shape index (κ3) is 4.01. The second-order valence-electron chi connectivity index (χ2n) is 5.26. The minimum absolute atomic E-state index is 0.381. The summed E-state index contributed by atoms with van der Waals surface area (Å²) in [4.78, 5) is 7.95. The van der Waals surface area contributed by atoms with Crippen LogP contribution in [0.1, 0.15) is 25.1 Å². The Kier molecular flexibility index (Phi) is 4.51. The van der Waals surface area contributed by atoms with Gasteiger partial charge in [0.1, 0.15) is 17.7 Å². The number of aliphatic hydroxyl groups is 1. The maximum absolute atomic E-state index is 10.4. The zero-order valence-electron chi connectivity index (χ0n) is 12.0. The van der Waals surface area contributed by atoms with Crippen LogP contribution in [0.5, 0.6) is 5.75 Å². The monoisotopic (exact) mass is 283 g/mol. The summed E-state index contributed by atoms with van der Waals surface area (Å²) >= 11 is 0. The summed E-state index contributed by atoms with van der Waals surface area (Å²) in [6.07, 6.45) is 2.76. The first kappa shape index (κ1) is 14.9. The van der Waals surface area contributed by atoms with Crippen LogP contribution in [0.4, 0.5) is 0 Å². The SMILES string of the molecule is CC(C)(Oc1ccc(C#N)cc1)C(O)Cc1ccncn1. The highest BCUT2D eigenvalue weighted by atomic mass is 16.5. The summed E-state index contributed by atoms with van der Waals surface area (Å²) in [5, 5.41) is 19.1. The number of rotatable bonds is 5. The van der Waals surface area contributed by atoms with Crippen LogP contribution in [0.3, 0.4) is 0 Å². The topological polar surface area (TPSA) is 79.0 Å². The van der Waals surface area contributed by atoms with Gasteiger partial charge in [0.15, 0.2) is 0 Å². The predicted molar refractivity (Wildman–Crippen MR) is 77.6 cm³/mol. The molecule has 1 unspecified atom stereocenters. The second kappa shape index (κ2) is 6.33. The molecule has 0 amide bonds. The molecular formula is C16H17N3O2. The van der Waals surface area contributed by atoms with E-state index in [9.17, 15) is 5.11 Å². The van der Waals surface area contributed by atoms with Gasteiger partial charge in [-0.25, -0.2) is 9.97 Å². The normalized spacial score (nSPS) is 12.5. The maximum atomic E-state index is 10.4. The average Bonchev–Trinajstić information content (AvgIpc) is 2.48. The summed E-state index contributed by atoms with van der Waals surface area (Å²) in [7, 11) is 0. The smallest absolute Gasteiger partial charge is 0.130 e. The zero-order chi connectivity index (χ0) is 15.3. The van der Waals surface area contributed by atoms with Gasteiger partial charge in [-0.1, -0.05) is 0 Å². The Morgan fingerprint density at radius 1 is 1.29 bits per heavy atom. The van der Waals surface area contributed by atoms with Gasteiger partial charge in [0.25, 0.3) is 0 Å². The number of hydrogen-bond acceptors (Lipinski definition) is 5. The first-order valence-electron chi connectivity index (χ1n) is 6.63. The zero-order valence-corrected chi connectivity index (χ0v) is 12.0. The summed E-state index contributed by atoms with van der Waals surface area (Å²) in [6.45, 7) is 3.63. The Bertz CT molecular complexity index is 618. The van der Waals surface area contributed by atoms with E-state index in [1.54, 1.807) is 36.5 Å². The lowest BCUT2D eigenvalue weighted by Gasteiger charge is -2.31. The van der Waals surface area contributed by atoms with E-state index in [0.717, 1.165) is 5.69 Å². The molecule has 0 aliphatic heterocycles. The molecule has 5 heteroatoms. The van der Waals surface area contributed by atoms with Crippen molar-refractivity contribution in [3.63, 3.8) is 0 Å².